The first-order valence-electron chi connectivity index (χ1n) is 6.84. The fraction of sp³-hybridized carbons (Fsp3) is 0.400. The van der Waals surface area contributed by atoms with Crippen LogP contribution in [0.4, 0.5) is 0 Å². The minimum Gasteiger partial charge on any atom is -0.481 e. The minimum atomic E-state index is -0.928. The van der Waals surface area contributed by atoms with Crippen molar-refractivity contribution in [1.29, 1.82) is 0 Å². The number of nitrogens with one attached hydrogen (secondary N) is 2. The summed E-state index contributed by atoms with van der Waals surface area (Å²) in [5, 5.41) is 14.1. The van der Waals surface area contributed by atoms with Crippen LogP contribution >= 0.6 is 0 Å². The number of carbonyl (C=O) groups excluding carboxylic acids is 2. The number of amides is 2. The average molecular weight is 290 g/mol. The molecule has 2 amide bonds. The van der Waals surface area contributed by atoms with Crippen molar-refractivity contribution in [3.63, 3.8) is 0 Å². The van der Waals surface area contributed by atoms with Gasteiger partial charge in [0.25, 0.3) is 5.91 Å². The largest absolute Gasteiger partial charge is 0.481 e. The number of aryl methyl sites for hydroxylation is 1. The minimum absolute atomic E-state index is 0.192. The topological polar surface area (TPSA) is 95.5 Å². The predicted octanol–water partition coefficient (Wildman–Crippen LogP) is 0.562. The van der Waals surface area contributed by atoms with E-state index in [1.54, 1.807) is 12.1 Å². The summed E-state index contributed by atoms with van der Waals surface area (Å²) in [5.74, 6) is -2.35. The summed E-state index contributed by atoms with van der Waals surface area (Å²) in [6, 6.07) is 7.23. The number of carboxylic acid groups (broad SMARTS) is 1. The average Bonchev–Trinajstić information content (AvgIpc) is 3.23. The molecule has 0 radical (unpaired) electrons. The van der Waals surface area contributed by atoms with Crippen LogP contribution in [-0.4, -0.2) is 36.0 Å². The summed E-state index contributed by atoms with van der Waals surface area (Å²) in [6.07, 6.45) is 0.400. The molecule has 21 heavy (non-hydrogen) atoms. The van der Waals surface area contributed by atoms with E-state index in [9.17, 15) is 14.4 Å². The highest BCUT2D eigenvalue weighted by atomic mass is 16.4. The smallest absolute Gasteiger partial charge is 0.307 e. The fourth-order valence-electron chi connectivity index (χ4n) is 2.14. The molecule has 1 saturated carbocycles. The maximum atomic E-state index is 11.8. The fourth-order valence-corrected chi connectivity index (χ4v) is 2.14. The maximum absolute atomic E-state index is 11.8. The Morgan fingerprint density at radius 1 is 1.19 bits per heavy atom. The lowest BCUT2D eigenvalue weighted by Crippen LogP contribution is -2.35. The summed E-state index contributed by atoms with van der Waals surface area (Å²) < 4.78 is 0. The lowest BCUT2D eigenvalue weighted by Gasteiger charge is -2.07. The van der Waals surface area contributed by atoms with Gasteiger partial charge in [-0.25, -0.2) is 0 Å². The van der Waals surface area contributed by atoms with E-state index in [0.717, 1.165) is 5.56 Å². The van der Waals surface area contributed by atoms with Crippen molar-refractivity contribution in [2.45, 2.75) is 13.3 Å². The van der Waals surface area contributed by atoms with Crippen LogP contribution in [0.5, 0.6) is 0 Å². The highest BCUT2D eigenvalue weighted by molar-refractivity contribution is 5.94. The molecule has 112 valence electrons. The van der Waals surface area contributed by atoms with E-state index in [1.165, 1.54) is 0 Å². The molecule has 0 spiro atoms. The number of carbonyl (C=O) groups is 3. The molecule has 2 rings (SSSR count). The van der Waals surface area contributed by atoms with Gasteiger partial charge in [0.1, 0.15) is 0 Å². The molecule has 0 bridgehead atoms. The molecule has 1 aromatic rings. The Bertz CT molecular complexity index is 571. The molecule has 6 nitrogen and oxygen atoms in total. The summed E-state index contributed by atoms with van der Waals surface area (Å²) in [6.45, 7) is 2.51. The van der Waals surface area contributed by atoms with Gasteiger partial charge in [0, 0.05) is 18.7 Å². The quantitative estimate of drug-likeness (QED) is 0.667. The lowest BCUT2D eigenvalue weighted by molar-refractivity contribution is -0.140. The summed E-state index contributed by atoms with van der Waals surface area (Å²) in [5.41, 5.74) is 1.58. The van der Waals surface area contributed by atoms with Gasteiger partial charge in [0.05, 0.1) is 11.8 Å². The molecule has 0 aromatic heterocycles. The van der Waals surface area contributed by atoms with Crippen molar-refractivity contribution in [3.05, 3.63) is 35.4 Å². The first-order chi connectivity index (χ1) is 9.99. The third-order valence-corrected chi connectivity index (χ3v) is 3.43. The second kappa shape index (κ2) is 6.39. The third-order valence-electron chi connectivity index (χ3n) is 3.43. The molecule has 2 unspecified atom stereocenters. The molecule has 6 heteroatoms. The Labute approximate surface area is 122 Å². The molecular formula is C15H18N2O4. The lowest BCUT2D eigenvalue weighted by atomic mass is 10.1. The van der Waals surface area contributed by atoms with Crippen LogP contribution in [0.2, 0.25) is 0 Å². The number of hydrogen-bond donors (Lipinski definition) is 3. The molecule has 0 aliphatic heterocycles. The highest BCUT2D eigenvalue weighted by Gasteiger charge is 2.48. The molecule has 1 aliphatic carbocycles. The first-order valence-corrected chi connectivity index (χ1v) is 6.84. The Balaban J connectivity index is 1.67. The van der Waals surface area contributed by atoms with Gasteiger partial charge in [-0.2, -0.15) is 0 Å². The van der Waals surface area contributed by atoms with Crippen molar-refractivity contribution in [1.82, 2.24) is 10.6 Å². The van der Waals surface area contributed by atoms with E-state index in [1.807, 2.05) is 19.1 Å². The maximum Gasteiger partial charge on any atom is 0.307 e. The van der Waals surface area contributed by atoms with Crippen molar-refractivity contribution in [2.24, 2.45) is 11.8 Å². The molecule has 0 saturated heterocycles. The zero-order valence-electron chi connectivity index (χ0n) is 11.8. The third kappa shape index (κ3) is 4.05. The molecule has 1 aliphatic rings. The Morgan fingerprint density at radius 3 is 2.52 bits per heavy atom. The molecule has 1 fully saturated rings. The van der Waals surface area contributed by atoms with E-state index in [4.69, 9.17) is 5.11 Å². The van der Waals surface area contributed by atoms with Crippen LogP contribution in [0.1, 0.15) is 22.3 Å². The summed E-state index contributed by atoms with van der Waals surface area (Å²) in [7, 11) is 0. The van der Waals surface area contributed by atoms with E-state index in [0.29, 0.717) is 25.1 Å². The van der Waals surface area contributed by atoms with Crippen LogP contribution in [0.3, 0.4) is 0 Å². The van der Waals surface area contributed by atoms with Gasteiger partial charge in [-0.1, -0.05) is 17.7 Å². The van der Waals surface area contributed by atoms with Gasteiger partial charge in [0.2, 0.25) is 5.91 Å². The molecule has 3 N–H and O–H groups in total. The van der Waals surface area contributed by atoms with Gasteiger partial charge in [-0.15, -0.1) is 0 Å². The van der Waals surface area contributed by atoms with Crippen molar-refractivity contribution >= 4 is 17.8 Å². The van der Waals surface area contributed by atoms with E-state index in [2.05, 4.69) is 10.6 Å². The van der Waals surface area contributed by atoms with Gasteiger partial charge in [-0.05, 0) is 25.5 Å². The summed E-state index contributed by atoms with van der Waals surface area (Å²) in [4.78, 5) is 34.1. The SMILES string of the molecule is Cc1cccc(C(=O)NCCNC(=O)C2CC2C(=O)O)c1. The monoisotopic (exact) mass is 290 g/mol. The second-order valence-electron chi connectivity index (χ2n) is 5.20. The van der Waals surface area contributed by atoms with Gasteiger partial charge in [-0.3, -0.25) is 14.4 Å². The Kier molecular flexibility index (Phi) is 4.57. The van der Waals surface area contributed by atoms with E-state index in [-0.39, 0.29) is 11.8 Å². The van der Waals surface area contributed by atoms with Crippen LogP contribution in [-0.2, 0) is 9.59 Å². The number of aliphatic carboxylic acids is 1. The standard InChI is InChI=1S/C15H18N2O4/c1-9-3-2-4-10(7-9)13(18)16-5-6-17-14(19)11-8-12(11)15(20)21/h2-4,7,11-12H,5-6,8H2,1H3,(H,16,18)(H,17,19)(H,20,21). The van der Waals surface area contributed by atoms with Crippen LogP contribution in [0, 0.1) is 18.8 Å². The molecule has 1 aromatic carbocycles. The predicted molar refractivity (Wildman–Crippen MR) is 75.8 cm³/mol. The van der Waals surface area contributed by atoms with Crippen molar-refractivity contribution in [2.75, 3.05) is 13.1 Å². The zero-order valence-corrected chi connectivity index (χ0v) is 11.8. The Morgan fingerprint density at radius 2 is 1.90 bits per heavy atom. The number of hydrogen-bond acceptors (Lipinski definition) is 3. The zero-order chi connectivity index (χ0) is 15.4. The summed E-state index contributed by atoms with van der Waals surface area (Å²) >= 11 is 0. The molecular weight excluding hydrogens is 272 g/mol. The first kappa shape index (κ1) is 15.0. The number of rotatable bonds is 6. The highest BCUT2D eigenvalue weighted by Crippen LogP contribution is 2.38. The number of carboxylic acids is 1. The van der Waals surface area contributed by atoms with Crippen molar-refractivity contribution in [3.8, 4) is 0 Å². The van der Waals surface area contributed by atoms with Gasteiger partial charge >= 0.3 is 5.97 Å². The Hall–Kier alpha value is -2.37. The normalized spacial score (nSPS) is 19.7. The second-order valence-corrected chi connectivity index (χ2v) is 5.20. The molecule has 0 heterocycles. The van der Waals surface area contributed by atoms with Crippen LogP contribution < -0.4 is 10.6 Å². The van der Waals surface area contributed by atoms with Crippen LogP contribution in [0.15, 0.2) is 24.3 Å². The van der Waals surface area contributed by atoms with Gasteiger partial charge < -0.3 is 15.7 Å². The van der Waals surface area contributed by atoms with Crippen molar-refractivity contribution < 1.29 is 19.5 Å². The van der Waals surface area contributed by atoms with E-state index < -0.39 is 17.8 Å². The molecule has 2 atom stereocenters. The number of benzene rings is 1. The van der Waals surface area contributed by atoms with E-state index >= 15 is 0 Å². The van der Waals surface area contributed by atoms with Gasteiger partial charge in [0.15, 0.2) is 0 Å². The van der Waals surface area contributed by atoms with Crippen LogP contribution in [0.25, 0.3) is 0 Å².